The Morgan fingerprint density at radius 3 is 2.48 bits per heavy atom. The molecule has 2 aromatic rings. The van der Waals surface area contributed by atoms with Crippen LogP contribution in [0.15, 0.2) is 48.5 Å². The maximum absolute atomic E-state index is 12.0. The molecule has 1 amide bonds. The highest BCUT2D eigenvalue weighted by atomic mass is 35.5. The molecule has 1 atom stereocenters. The second-order valence-corrected chi connectivity index (χ2v) is 4.82. The molecule has 0 heterocycles. The normalized spacial score (nSPS) is 11.5. The zero-order valence-electron chi connectivity index (χ0n) is 11.4. The van der Waals surface area contributed by atoms with E-state index in [1.165, 1.54) is 0 Å². The number of amides is 1. The van der Waals surface area contributed by atoms with Gasteiger partial charge in [0.25, 0.3) is 5.91 Å². The van der Waals surface area contributed by atoms with Crippen LogP contribution in [0.2, 0.25) is 5.02 Å². The first-order chi connectivity index (χ1) is 10.1. The molecule has 2 aromatic carbocycles. The first kappa shape index (κ1) is 15.1. The summed E-state index contributed by atoms with van der Waals surface area (Å²) in [5, 5.41) is 3.17. The zero-order chi connectivity index (χ0) is 15.2. The molecule has 21 heavy (non-hydrogen) atoms. The van der Waals surface area contributed by atoms with Crippen LogP contribution in [0.1, 0.15) is 17.3 Å². The van der Waals surface area contributed by atoms with Gasteiger partial charge in [-0.2, -0.15) is 0 Å². The molecule has 4 nitrogen and oxygen atoms in total. The van der Waals surface area contributed by atoms with Crippen LogP contribution >= 0.6 is 11.6 Å². The number of benzene rings is 2. The third kappa shape index (κ3) is 4.07. The van der Waals surface area contributed by atoms with Gasteiger partial charge in [0.05, 0.1) is 10.7 Å². The molecule has 0 aliphatic heterocycles. The van der Waals surface area contributed by atoms with Crippen molar-refractivity contribution >= 4 is 29.5 Å². The van der Waals surface area contributed by atoms with Gasteiger partial charge in [-0.1, -0.05) is 23.7 Å². The van der Waals surface area contributed by atoms with E-state index in [9.17, 15) is 9.59 Å². The Morgan fingerprint density at radius 1 is 1.19 bits per heavy atom. The summed E-state index contributed by atoms with van der Waals surface area (Å²) in [6.07, 6.45) is 0.0560. The molecule has 0 saturated carbocycles. The standard InChI is InChI=1S/C16H14ClNO3/c1-11(21-13-8-6-12(10-19)7-9-13)16(20)18-15-5-3-2-4-14(15)17/h2-11H,1H3,(H,18,20). The van der Waals surface area contributed by atoms with Crippen molar-refractivity contribution in [3.63, 3.8) is 0 Å². The van der Waals surface area contributed by atoms with Gasteiger partial charge in [-0.3, -0.25) is 9.59 Å². The number of nitrogens with one attached hydrogen (secondary N) is 1. The Balaban J connectivity index is 1.99. The number of para-hydroxylation sites is 1. The van der Waals surface area contributed by atoms with Crippen LogP contribution in [0, 0.1) is 0 Å². The van der Waals surface area contributed by atoms with Crippen LogP contribution in [0.3, 0.4) is 0 Å². The lowest BCUT2D eigenvalue weighted by Gasteiger charge is -2.15. The van der Waals surface area contributed by atoms with Gasteiger partial charge in [0, 0.05) is 5.56 Å². The number of carbonyl (C=O) groups is 2. The van der Waals surface area contributed by atoms with Crippen molar-refractivity contribution in [2.45, 2.75) is 13.0 Å². The van der Waals surface area contributed by atoms with E-state index in [1.54, 1.807) is 55.5 Å². The molecule has 0 saturated heterocycles. The molecule has 1 unspecified atom stereocenters. The maximum Gasteiger partial charge on any atom is 0.265 e. The van der Waals surface area contributed by atoms with E-state index >= 15 is 0 Å². The van der Waals surface area contributed by atoms with E-state index < -0.39 is 6.10 Å². The first-order valence-corrected chi connectivity index (χ1v) is 6.75. The molecule has 0 aliphatic rings. The predicted octanol–water partition coefficient (Wildman–Crippen LogP) is 3.56. The Kier molecular flexibility index (Phi) is 4.95. The van der Waals surface area contributed by atoms with Crippen molar-refractivity contribution in [3.8, 4) is 5.75 Å². The number of aldehydes is 1. The van der Waals surface area contributed by atoms with E-state index in [-0.39, 0.29) is 5.91 Å². The van der Waals surface area contributed by atoms with Gasteiger partial charge >= 0.3 is 0 Å². The summed E-state index contributed by atoms with van der Waals surface area (Å²) in [6, 6.07) is 13.5. The number of carbonyl (C=O) groups excluding carboxylic acids is 2. The Hall–Kier alpha value is -2.33. The van der Waals surface area contributed by atoms with E-state index in [2.05, 4.69) is 5.32 Å². The van der Waals surface area contributed by atoms with Gasteiger partial charge in [0.15, 0.2) is 6.10 Å². The zero-order valence-corrected chi connectivity index (χ0v) is 12.1. The average Bonchev–Trinajstić information content (AvgIpc) is 2.50. The number of rotatable bonds is 5. The minimum absolute atomic E-state index is 0.303. The Bertz CT molecular complexity index is 640. The van der Waals surface area contributed by atoms with Gasteiger partial charge in [0.2, 0.25) is 0 Å². The van der Waals surface area contributed by atoms with E-state index in [0.717, 1.165) is 6.29 Å². The van der Waals surface area contributed by atoms with Crippen molar-refractivity contribution in [3.05, 3.63) is 59.1 Å². The largest absolute Gasteiger partial charge is 0.481 e. The van der Waals surface area contributed by atoms with Gasteiger partial charge in [-0.15, -0.1) is 0 Å². The van der Waals surface area contributed by atoms with E-state index in [1.807, 2.05) is 0 Å². The van der Waals surface area contributed by atoms with Gasteiger partial charge in [0.1, 0.15) is 12.0 Å². The summed E-state index contributed by atoms with van der Waals surface area (Å²) >= 11 is 5.98. The quantitative estimate of drug-likeness (QED) is 0.859. The van der Waals surface area contributed by atoms with Crippen LogP contribution in [-0.2, 0) is 4.79 Å². The molecule has 0 bridgehead atoms. The topological polar surface area (TPSA) is 55.4 Å². The Morgan fingerprint density at radius 2 is 1.86 bits per heavy atom. The minimum Gasteiger partial charge on any atom is -0.481 e. The van der Waals surface area contributed by atoms with Gasteiger partial charge in [-0.05, 0) is 43.3 Å². The number of anilines is 1. The number of hydrogen-bond acceptors (Lipinski definition) is 3. The molecular formula is C16H14ClNO3. The lowest BCUT2D eigenvalue weighted by Crippen LogP contribution is -2.30. The molecule has 0 fully saturated rings. The summed E-state index contributed by atoms with van der Waals surface area (Å²) in [4.78, 5) is 22.6. The molecule has 0 spiro atoms. The molecule has 108 valence electrons. The monoisotopic (exact) mass is 303 g/mol. The molecule has 0 aromatic heterocycles. The predicted molar refractivity (Wildman–Crippen MR) is 82.0 cm³/mol. The fraction of sp³-hybridized carbons (Fsp3) is 0.125. The fourth-order valence-corrected chi connectivity index (χ4v) is 1.86. The number of ether oxygens (including phenoxy) is 1. The maximum atomic E-state index is 12.0. The molecule has 0 aliphatic carbocycles. The first-order valence-electron chi connectivity index (χ1n) is 6.37. The van der Waals surface area contributed by atoms with Crippen molar-refractivity contribution < 1.29 is 14.3 Å². The van der Waals surface area contributed by atoms with Crippen molar-refractivity contribution in [2.24, 2.45) is 0 Å². The number of halogens is 1. The fourth-order valence-electron chi connectivity index (χ4n) is 1.68. The highest BCUT2D eigenvalue weighted by molar-refractivity contribution is 6.33. The van der Waals surface area contributed by atoms with Crippen LogP contribution in [0.5, 0.6) is 5.75 Å². The van der Waals surface area contributed by atoms with Crippen molar-refractivity contribution in [2.75, 3.05) is 5.32 Å². The van der Waals surface area contributed by atoms with E-state index in [0.29, 0.717) is 22.0 Å². The average molecular weight is 304 g/mol. The van der Waals surface area contributed by atoms with Crippen molar-refractivity contribution in [1.82, 2.24) is 0 Å². The van der Waals surface area contributed by atoms with Crippen molar-refractivity contribution in [1.29, 1.82) is 0 Å². The molecule has 2 rings (SSSR count). The third-order valence-corrected chi connectivity index (χ3v) is 3.16. The summed E-state index contributed by atoms with van der Waals surface area (Å²) in [7, 11) is 0. The lowest BCUT2D eigenvalue weighted by atomic mass is 10.2. The number of hydrogen-bond donors (Lipinski definition) is 1. The van der Waals surface area contributed by atoms with Gasteiger partial charge in [-0.25, -0.2) is 0 Å². The highest BCUT2D eigenvalue weighted by Crippen LogP contribution is 2.21. The Labute approximate surface area is 127 Å². The lowest BCUT2D eigenvalue weighted by molar-refractivity contribution is -0.122. The van der Waals surface area contributed by atoms with Crippen LogP contribution in [-0.4, -0.2) is 18.3 Å². The summed E-state index contributed by atoms with van der Waals surface area (Å²) in [5.41, 5.74) is 1.09. The summed E-state index contributed by atoms with van der Waals surface area (Å²) in [6.45, 7) is 1.64. The SMILES string of the molecule is CC(Oc1ccc(C=O)cc1)C(=O)Nc1ccccc1Cl. The highest BCUT2D eigenvalue weighted by Gasteiger charge is 2.15. The molecule has 5 heteroatoms. The third-order valence-electron chi connectivity index (χ3n) is 2.83. The molecule has 0 radical (unpaired) electrons. The van der Waals surface area contributed by atoms with Gasteiger partial charge < -0.3 is 10.1 Å². The smallest absolute Gasteiger partial charge is 0.265 e. The van der Waals surface area contributed by atoms with Crippen LogP contribution < -0.4 is 10.1 Å². The summed E-state index contributed by atoms with van der Waals surface area (Å²) in [5.74, 6) is 0.213. The van der Waals surface area contributed by atoms with E-state index in [4.69, 9.17) is 16.3 Å². The second kappa shape index (κ2) is 6.90. The second-order valence-electron chi connectivity index (χ2n) is 4.42. The van der Waals surface area contributed by atoms with Crippen LogP contribution in [0.25, 0.3) is 0 Å². The molecular weight excluding hydrogens is 290 g/mol. The van der Waals surface area contributed by atoms with Crippen LogP contribution in [0.4, 0.5) is 5.69 Å². The molecule has 1 N–H and O–H groups in total. The minimum atomic E-state index is -0.691. The summed E-state index contributed by atoms with van der Waals surface area (Å²) < 4.78 is 5.52.